The minimum Gasteiger partial charge on any atom is -0.480 e. The second-order valence-corrected chi connectivity index (χ2v) is 5.76. The molecule has 1 amide bonds. The number of amides is 1. The number of carboxylic acids is 1. The number of benzene rings is 1. The molecule has 0 saturated heterocycles. The second-order valence-electron chi connectivity index (χ2n) is 4.94. The lowest BCUT2D eigenvalue weighted by atomic mass is 10.0. The van der Waals surface area contributed by atoms with Crippen molar-refractivity contribution in [1.82, 2.24) is 5.32 Å². The number of hydrogen-bond donors (Lipinski definition) is 3. The average molecular weight is 356 g/mol. The molecular formula is C15H15Cl2N3O3. The van der Waals surface area contributed by atoms with Gasteiger partial charge in [-0.3, -0.25) is 4.79 Å². The van der Waals surface area contributed by atoms with Gasteiger partial charge in [0.2, 0.25) is 0 Å². The third kappa shape index (κ3) is 5.16. The van der Waals surface area contributed by atoms with E-state index in [-0.39, 0.29) is 11.5 Å². The van der Waals surface area contributed by atoms with E-state index in [0.29, 0.717) is 15.7 Å². The van der Waals surface area contributed by atoms with Gasteiger partial charge >= 0.3 is 5.97 Å². The van der Waals surface area contributed by atoms with E-state index in [9.17, 15) is 9.59 Å². The van der Waals surface area contributed by atoms with Crippen molar-refractivity contribution in [2.24, 2.45) is 5.92 Å². The van der Waals surface area contributed by atoms with Crippen molar-refractivity contribution in [1.29, 1.82) is 5.26 Å². The molecule has 0 aliphatic heterocycles. The number of aliphatic carboxylic acids is 1. The number of carbonyl (C=O) groups is 2. The van der Waals surface area contributed by atoms with E-state index in [1.54, 1.807) is 38.1 Å². The van der Waals surface area contributed by atoms with Gasteiger partial charge in [0.1, 0.15) is 17.7 Å². The Morgan fingerprint density at radius 2 is 1.87 bits per heavy atom. The molecule has 6 nitrogen and oxygen atoms in total. The van der Waals surface area contributed by atoms with Crippen molar-refractivity contribution in [3.8, 4) is 6.07 Å². The lowest BCUT2D eigenvalue weighted by Crippen LogP contribution is -2.44. The normalized spacial score (nSPS) is 12.4. The predicted molar refractivity (Wildman–Crippen MR) is 88.2 cm³/mol. The molecule has 0 fully saturated rings. The van der Waals surface area contributed by atoms with Crippen LogP contribution in [0.3, 0.4) is 0 Å². The largest absolute Gasteiger partial charge is 0.480 e. The molecule has 0 spiro atoms. The number of halogens is 2. The summed E-state index contributed by atoms with van der Waals surface area (Å²) in [6.07, 6.45) is 1.13. The Morgan fingerprint density at radius 1 is 1.30 bits per heavy atom. The third-order valence-corrected chi connectivity index (χ3v) is 3.54. The van der Waals surface area contributed by atoms with Crippen molar-refractivity contribution in [3.63, 3.8) is 0 Å². The van der Waals surface area contributed by atoms with E-state index < -0.39 is 17.9 Å². The van der Waals surface area contributed by atoms with Crippen LogP contribution >= 0.6 is 23.2 Å². The Bertz CT molecular complexity index is 661. The molecule has 0 bridgehead atoms. The number of para-hydroxylation sites is 1. The van der Waals surface area contributed by atoms with Gasteiger partial charge in [-0.2, -0.15) is 5.26 Å². The molecule has 122 valence electrons. The Balaban J connectivity index is 2.93. The number of rotatable bonds is 6. The molecule has 1 atom stereocenters. The maximum Gasteiger partial charge on any atom is 0.326 e. The van der Waals surface area contributed by atoms with Gasteiger partial charge in [0.25, 0.3) is 5.91 Å². The molecule has 3 N–H and O–H groups in total. The van der Waals surface area contributed by atoms with Gasteiger partial charge in [-0.25, -0.2) is 4.79 Å². The van der Waals surface area contributed by atoms with Crippen LogP contribution in [0.2, 0.25) is 10.0 Å². The topological polar surface area (TPSA) is 102 Å². The summed E-state index contributed by atoms with van der Waals surface area (Å²) in [5.41, 5.74) is 0.0444. The lowest BCUT2D eigenvalue weighted by Gasteiger charge is -2.17. The SMILES string of the molecule is CC(C)C(NC(=O)/C(C#N)=C\Nc1c(Cl)cccc1Cl)C(=O)O. The first-order valence-corrected chi connectivity index (χ1v) is 7.38. The highest BCUT2D eigenvalue weighted by Crippen LogP contribution is 2.29. The zero-order valence-electron chi connectivity index (χ0n) is 12.4. The molecule has 1 unspecified atom stereocenters. The summed E-state index contributed by atoms with van der Waals surface area (Å²) in [4.78, 5) is 23.1. The monoisotopic (exact) mass is 355 g/mol. The molecule has 23 heavy (non-hydrogen) atoms. The molecule has 0 radical (unpaired) electrons. The molecular weight excluding hydrogens is 341 g/mol. The molecule has 0 aliphatic carbocycles. The minimum atomic E-state index is -1.17. The van der Waals surface area contributed by atoms with Crippen LogP contribution in [0.15, 0.2) is 30.0 Å². The molecule has 0 aliphatic rings. The van der Waals surface area contributed by atoms with Gasteiger partial charge in [-0.05, 0) is 18.1 Å². The highest BCUT2D eigenvalue weighted by molar-refractivity contribution is 6.39. The Hall–Kier alpha value is -2.23. The quantitative estimate of drug-likeness (QED) is 0.537. The highest BCUT2D eigenvalue weighted by Gasteiger charge is 2.24. The average Bonchev–Trinajstić information content (AvgIpc) is 2.47. The van der Waals surface area contributed by atoms with Crippen molar-refractivity contribution in [2.45, 2.75) is 19.9 Å². The van der Waals surface area contributed by atoms with Gasteiger partial charge in [-0.1, -0.05) is 43.1 Å². The molecule has 0 heterocycles. The van der Waals surface area contributed by atoms with Crippen molar-refractivity contribution in [2.75, 3.05) is 5.32 Å². The predicted octanol–water partition coefficient (Wildman–Crippen LogP) is 3.04. The summed E-state index contributed by atoms with van der Waals surface area (Å²) in [6.45, 7) is 3.30. The lowest BCUT2D eigenvalue weighted by molar-refractivity contribution is -0.142. The number of nitrogens with zero attached hydrogens (tertiary/aromatic N) is 1. The van der Waals surface area contributed by atoms with E-state index in [2.05, 4.69) is 10.6 Å². The number of anilines is 1. The van der Waals surface area contributed by atoms with Gasteiger partial charge in [0.15, 0.2) is 0 Å². The number of nitrogens with one attached hydrogen (secondary N) is 2. The summed E-state index contributed by atoms with van der Waals surface area (Å²) in [5, 5.41) is 23.7. The highest BCUT2D eigenvalue weighted by atomic mass is 35.5. The second kappa shape index (κ2) is 8.42. The van der Waals surface area contributed by atoms with E-state index in [4.69, 9.17) is 33.6 Å². The first-order chi connectivity index (χ1) is 10.8. The molecule has 0 saturated carbocycles. The van der Waals surface area contributed by atoms with Crippen LogP contribution in [-0.4, -0.2) is 23.0 Å². The Morgan fingerprint density at radius 3 is 2.30 bits per heavy atom. The third-order valence-electron chi connectivity index (χ3n) is 2.91. The van der Waals surface area contributed by atoms with E-state index in [1.807, 2.05) is 0 Å². The number of carbonyl (C=O) groups excluding carboxylic acids is 1. The van der Waals surface area contributed by atoms with E-state index >= 15 is 0 Å². The van der Waals surface area contributed by atoms with Crippen molar-refractivity contribution < 1.29 is 14.7 Å². The van der Waals surface area contributed by atoms with Crippen LogP contribution in [0.1, 0.15) is 13.8 Å². The Labute approximate surface area is 143 Å². The molecule has 0 aromatic heterocycles. The summed E-state index contributed by atoms with van der Waals surface area (Å²) >= 11 is 11.9. The summed E-state index contributed by atoms with van der Waals surface area (Å²) in [7, 11) is 0. The summed E-state index contributed by atoms with van der Waals surface area (Å²) in [5.74, 6) is -2.31. The van der Waals surface area contributed by atoms with Gasteiger partial charge in [-0.15, -0.1) is 0 Å². The fourth-order valence-electron chi connectivity index (χ4n) is 1.66. The Kier molecular flexibility index (Phi) is 6.89. The van der Waals surface area contributed by atoms with Crippen LogP contribution in [0, 0.1) is 17.2 Å². The van der Waals surface area contributed by atoms with Crippen LogP contribution < -0.4 is 10.6 Å². The standard InChI is InChI=1S/C15H15Cl2N3O3/c1-8(2)12(15(22)23)20-14(21)9(6-18)7-19-13-10(16)4-3-5-11(13)17/h3-5,7-8,12,19H,1-2H3,(H,20,21)(H,22,23)/b9-7-. The number of carboxylic acid groups (broad SMARTS) is 1. The molecule has 8 heteroatoms. The maximum absolute atomic E-state index is 12.0. The van der Waals surface area contributed by atoms with Crippen LogP contribution in [0.4, 0.5) is 5.69 Å². The molecule has 1 aromatic rings. The minimum absolute atomic E-state index is 0.298. The first kappa shape index (κ1) is 18.8. The smallest absolute Gasteiger partial charge is 0.326 e. The van der Waals surface area contributed by atoms with E-state index in [1.165, 1.54) is 0 Å². The van der Waals surface area contributed by atoms with E-state index in [0.717, 1.165) is 6.20 Å². The van der Waals surface area contributed by atoms with Gasteiger partial charge in [0, 0.05) is 6.20 Å². The first-order valence-electron chi connectivity index (χ1n) is 6.62. The maximum atomic E-state index is 12.0. The summed E-state index contributed by atoms with van der Waals surface area (Å²) in [6, 6.07) is 5.44. The van der Waals surface area contributed by atoms with Gasteiger partial charge in [0.05, 0.1) is 15.7 Å². The van der Waals surface area contributed by atoms with Crippen LogP contribution in [0.25, 0.3) is 0 Å². The fourth-order valence-corrected chi connectivity index (χ4v) is 2.17. The zero-order chi connectivity index (χ0) is 17.6. The van der Waals surface area contributed by atoms with Crippen LogP contribution in [-0.2, 0) is 9.59 Å². The summed E-state index contributed by atoms with van der Waals surface area (Å²) < 4.78 is 0. The fraction of sp³-hybridized carbons (Fsp3) is 0.267. The number of hydrogen-bond acceptors (Lipinski definition) is 4. The number of nitriles is 1. The van der Waals surface area contributed by atoms with Crippen LogP contribution in [0.5, 0.6) is 0 Å². The van der Waals surface area contributed by atoms with Crippen molar-refractivity contribution >= 4 is 40.8 Å². The molecule has 1 rings (SSSR count). The van der Waals surface area contributed by atoms with Crippen molar-refractivity contribution in [3.05, 3.63) is 40.0 Å². The zero-order valence-corrected chi connectivity index (χ0v) is 13.9. The van der Waals surface area contributed by atoms with Gasteiger partial charge < -0.3 is 15.7 Å². The molecule has 1 aromatic carbocycles.